The van der Waals surface area contributed by atoms with Crippen LogP contribution in [-0.4, -0.2) is 9.55 Å². The summed E-state index contributed by atoms with van der Waals surface area (Å²) in [6, 6.07) is 0. The Morgan fingerprint density at radius 2 is 2.19 bits per heavy atom. The minimum atomic E-state index is 0.613. The lowest BCUT2D eigenvalue weighted by atomic mass is 10.1. The third-order valence-electron chi connectivity index (χ3n) is 3.48. The van der Waals surface area contributed by atoms with E-state index in [0.29, 0.717) is 5.92 Å². The topological polar surface area (TPSA) is 43.8 Å². The number of nitrogens with two attached hydrogens (primary N) is 1. The molecule has 1 aliphatic rings. The van der Waals surface area contributed by atoms with Gasteiger partial charge in [-0.2, -0.15) is 0 Å². The number of nitrogen functional groups attached to an aromatic ring is 1. The molecule has 0 spiro atoms. The molecule has 0 amide bonds. The van der Waals surface area contributed by atoms with Gasteiger partial charge in [-0.15, -0.1) is 6.58 Å². The van der Waals surface area contributed by atoms with Crippen LogP contribution in [0.5, 0.6) is 0 Å². The normalized spacial score (nSPS) is 16.8. The standard InChI is InChI=1S/C13H21N3/c1-3-9-16-12(14)11(4-2)15-13(16)10-7-5-6-8-10/h3,10H,1,4-9,14H2,2H3. The van der Waals surface area contributed by atoms with Crippen molar-refractivity contribution in [3.05, 3.63) is 24.2 Å². The first kappa shape index (κ1) is 11.2. The predicted molar refractivity (Wildman–Crippen MR) is 67.4 cm³/mol. The molecule has 0 saturated heterocycles. The summed E-state index contributed by atoms with van der Waals surface area (Å²) >= 11 is 0. The SMILES string of the molecule is C=CCn1c(C2CCCC2)nc(CC)c1N. The fraction of sp³-hybridized carbons (Fsp3) is 0.615. The highest BCUT2D eigenvalue weighted by Crippen LogP contribution is 2.35. The molecule has 88 valence electrons. The predicted octanol–water partition coefficient (Wildman–Crippen LogP) is 2.87. The molecule has 1 aromatic rings. The summed E-state index contributed by atoms with van der Waals surface area (Å²) in [4.78, 5) is 4.72. The van der Waals surface area contributed by atoms with Crippen LogP contribution in [-0.2, 0) is 13.0 Å². The number of rotatable bonds is 4. The Morgan fingerprint density at radius 3 is 2.75 bits per heavy atom. The van der Waals surface area contributed by atoms with Crippen LogP contribution >= 0.6 is 0 Å². The molecule has 16 heavy (non-hydrogen) atoms. The molecular formula is C13H21N3. The quantitative estimate of drug-likeness (QED) is 0.791. The fourth-order valence-electron chi connectivity index (χ4n) is 2.61. The van der Waals surface area contributed by atoms with E-state index in [-0.39, 0.29) is 0 Å². The minimum absolute atomic E-state index is 0.613. The van der Waals surface area contributed by atoms with Crippen LogP contribution in [0.4, 0.5) is 5.82 Å². The van der Waals surface area contributed by atoms with Crippen LogP contribution in [0.2, 0.25) is 0 Å². The molecule has 0 atom stereocenters. The van der Waals surface area contributed by atoms with Crippen LogP contribution in [0.1, 0.15) is 50.0 Å². The lowest BCUT2D eigenvalue weighted by Crippen LogP contribution is -2.08. The second-order valence-electron chi connectivity index (χ2n) is 4.54. The van der Waals surface area contributed by atoms with Gasteiger partial charge in [0, 0.05) is 12.5 Å². The zero-order chi connectivity index (χ0) is 11.5. The lowest BCUT2D eigenvalue weighted by molar-refractivity contribution is 0.618. The maximum absolute atomic E-state index is 6.12. The van der Waals surface area contributed by atoms with E-state index in [9.17, 15) is 0 Å². The van der Waals surface area contributed by atoms with Gasteiger partial charge in [0.05, 0.1) is 5.69 Å². The number of imidazole rings is 1. The molecular weight excluding hydrogens is 198 g/mol. The van der Waals surface area contributed by atoms with Crippen molar-refractivity contribution in [3.63, 3.8) is 0 Å². The van der Waals surface area contributed by atoms with E-state index in [4.69, 9.17) is 10.7 Å². The maximum atomic E-state index is 6.12. The number of allylic oxidation sites excluding steroid dienone is 1. The van der Waals surface area contributed by atoms with Crippen molar-refractivity contribution >= 4 is 5.82 Å². The van der Waals surface area contributed by atoms with Crippen molar-refractivity contribution in [1.82, 2.24) is 9.55 Å². The Labute approximate surface area is 97.4 Å². The Morgan fingerprint density at radius 1 is 1.50 bits per heavy atom. The number of nitrogens with zero attached hydrogens (tertiary/aromatic N) is 2. The van der Waals surface area contributed by atoms with Crippen molar-refractivity contribution in [2.75, 3.05) is 5.73 Å². The summed E-state index contributed by atoms with van der Waals surface area (Å²) in [5.41, 5.74) is 7.17. The van der Waals surface area contributed by atoms with Gasteiger partial charge in [0.2, 0.25) is 0 Å². The molecule has 1 heterocycles. The van der Waals surface area contributed by atoms with Gasteiger partial charge < -0.3 is 10.3 Å². The molecule has 0 unspecified atom stereocenters. The van der Waals surface area contributed by atoms with Crippen molar-refractivity contribution in [3.8, 4) is 0 Å². The molecule has 3 nitrogen and oxygen atoms in total. The van der Waals surface area contributed by atoms with E-state index in [1.165, 1.54) is 31.5 Å². The van der Waals surface area contributed by atoms with Gasteiger partial charge in [-0.3, -0.25) is 0 Å². The number of anilines is 1. The lowest BCUT2D eigenvalue weighted by Gasteiger charge is -2.11. The van der Waals surface area contributed by atoms with Gasteiger partial charge in [0.1, 0.15) is 11.6 Å². The first-order valence-corrected chi connectivity index (χ1v) is 6.23. The molecule has 1 aromatic heterocycles. The molecule has 1 saturated carbocycles. The van der Waals surface area contributed by atoms with E-state index in [2.05, 4.69) is 18.1 Å². The highest BCUT2D eigenvalue weighted by atomic mass is 15.1. The van der Waals surface area contributed by atoms with Crippen LogP contribution in [0.25, 0.3) is 0 Å². The summed E-state index contributed by atoms with van der Waals surface area (Å²) in [6.07, 6.45) is 7.99. The van der Waals surface area contributed by atoms with Crippen molar-refractivity contribution in [2.24, 2.45) is 0 Å². The van der Waals surface area contributed by atoms with E-state index in [0.717, 1.165) is 24.5 Å². The number of aromatic nitrogens is 2. The minimum Gasteiger partial charge on any atom is -0.384 e. The summed E-state index contributed by atoms with van der Waals surface area (Å²) in [5, 5.41) is 0. The molecule has 2 N–H and O–H groups in total. The smallest absolute Gasteiger partial charge is 0.127 e. The van der Waals surface area contributed by atoms with Crippen LogP contribution in [0.3, 0.4) is 0 Å². The number of aryl methyl sites for hydroxylation is 1. The van der Waals surface area contributed by atoms with Crippen LogP contribution in [0.15, 0.2) is 12.7 Å². The average Bonchev–Trinajstić information content (AvgIpc) is 2.89. The first-order chi connectivity index (χ1) is 7.77. The Balaban J connectivity index is 2.37. The molecule has 3 heteroatoms. The van der Waals surface area contributed by atoms with Crippen molar-refractivity contribution in [2.45, 2.75) is 51.5 Å². The Hall–Kier alpha value is -1.25. The molecule has 1 aliphatic carbocycles. The van der Waals surface area contributed by atoms with Gasteiger partial charge in [-0.1, -0.05) is 25.8 Å². The van der Waals surface area contributed by atoms with E-state index >= 15 is 0 Å². The molecule has 0 aromatic carbocycles. The summed E-state index contributed by atoms with van der Waals surface area (Å²) in [5.74, 6) is 2.64. The third kappa shape index (κ3) is 1.86. The maximum Gasteiger partial charge on any atom is 0.127 e. The number of hydrogen-bond acceptors (Lipinski definition) is 2. The summed E-state index contributed by atoms with van der Waals surface area (Å²) in [7, 11) is 0. The highest BCUT2D eigenvalue weighted by Gasteiger charge is 2.24. The molecule has 0 radical (unpaired) electrons. The van der Waals surface area contributed by atoms with Gasteiger partial charge >= 0.3 is 0 Å². The van der Waals surface area contributed by atoms with Gasteiger partial charge in [0.15, 0.2) is 0 Å². The van der Waals surface area contributed by atoms with E-state index in [1.807, 2.05) is 6.08 Å². The molecule has 0 aliphatic heterocycles. The molecule has 0 bridgehead atoms. The Bertz CT molecular complexity index is 373. The second-order valence-corrected chi connectivity index (χ2v) is 4.54. The number of hydrogen-bond donors (Lipinski definition) is 1. The van der Waals surface area contributed by atoms with Crippen LogP contribution in [0, 0.1) is 0 Å². The van der Waals surface area contributed by atoms with Crippen molar-refractivity contribution in [1.29, 1.82) is 0 Å². The summed E-state index contributed by atoms with van der Waals surface area (Å²) in [6.45, 7) is 6.68. The van der Waals surface area contributed by atoms with Gasteiger partial charge in [-0.05, 0) is 19.3 Å². The largest absolute Gasteiger partial charge is 0.384 e. The van der Waals surface area contributed by atoms with Crippen LogP contribution < -0.4 is 5.73 Å². The van der Waals surface area contributed by atoms with E-state index < -0.39 is 0 Å². The second kappa shape index (κ2) is 4.73. The highest BCUT2D eigenvalue weighted by molar-refractivity contribution is 5.39. The average molecular weight is 219 g/mol. The third-order valence-corrected chi connectivity index (χ3v) is 3.48. The molecule has 2 rings (SSSR count). The van der Waals surface area contributed by atoms with Gasteiger partial charge in [-0.25, -0.2) is 4.98 Å². The van der Waals surface area contributed by atoms with E-state index in [1.54, 1.807) is 0 Å². The fourth-order valence-corrected chi connectivity index (χ4v) is 2.61. The monoisotopic (exact) mass is 219 g/mol. The first-order valence-electron chi connectivity index (χ1n) is 6.23. The van der Waals surface area contributed by atoms with Gasteiger partial charge in [0.25, 0.3) is 0 Å². The Kier molecular flexibility index (Phi) is 3.32. The zero-order valence-corrected chi connectivity index (χ0v) is 10.1. The zero-order valence-electron chi connectivity index (χ0n) is 10.1. The van der Waals surface area contributed by atoms with Crippen molar-refractivity contribution < 1.29 is 0 Å². The summed E-state index contributed by atoms with van der Waals surface area (Å²) < 4.78 is 2.14. The molecule has 1 fully saturated rings.